The van der Waals surface area contributed by atoms with E-state index in [9.17, 15) is 13.6 Å². The third kappa shape index (κ3) is 3.47. The fourth-order valence-electron chi connectivity index (χ4n) is 3.67. The van der Waals surface area contributed by atoms with Crippen LogP contribution in [0.4, 0.5) is 8.78 Å². The zero-order valence-corrected chi connectivity index (χ0v) is 14.3. The summed E-state index contributed by atoms with van der Waals surface area (Å²) in [7, 11) is 0. The van der Waals surface area contributed by atoms with Crippen molar-refractivity contribution in [3.05, 3.63) is 71.4 Å². The third-order valence-electron chi connectivity index (χ3n) is 5.16. The van der Waals surface area contributed by atoms with Crippen molar-refractivity contribution in [1.29, 1.82) is 0 Å². The van der Waals surface area contributed by atoms with Crippen LogP contribution in [0.1, 0.15) is 30.0 Å². The molecule has 2 heterocycles. The highest BCUT2D eigenvalue weighted by Gasteiger charge is 2.24. The van der Waals surface area contributed by atoms with Gasteiger partial charge in [-0.2, -0.15) is 0 Å². The summed E-state index contributed by atoms with van der Waals surface area (Å²) < 4.78 is 26.3. The predicted molar refractivity (Wildman–Crippen MR) is 96.9 cm³/mol. The molecular weight excluding hydrogens is 334 g/mol. The first-order valence-corrected chi connectivity index (χ1v) is 8.89. The molecule has 4 rings (SSSR count). The maximum atomic E-state index is 13.4. The minimum Gasteiger partial charge on any atom is -0.358 e. The lowest BCUT2D eigenvalue weighted by atomic mass is 9.93. The van der Waals surface area contributed by atoms with E-state index in [1.807, 2.05) is 11.0 Å². The Bertz CT molecular complexity index is 925. The topological polar surface area (TPSA) is 36.1 Å². The van der Waals surface area contributed by atoms with Crippen LogP contribution in [0.15, 0.2) is 48.5 Å². The SMILES string of the molecule is O=C(Cc1ccc(F)cc1)N1CCC(c2cc3cc(F)ccc3[nH]2)CC1. The summed E-state index contributed by atoms with van der Waals surface area (Å²) in [6, 6.07) is 12.8. The number of fused-ring (bicyclic) bond motifs is 1. The molecule has 1 fully saturated rings. The number of aromatic nitrogens is 1. The van der Waals surface area contributed by atoms with Crippen LogP contribution in [0.5, 0.6) is 0 Å². The van der Waals surface area contributed by atoms with Crippen LogP contribution in [0.3, 0.4) is 0 Å². The van der Waals surface area contributed by atoms with Crippen LogP contribution in [0.25, 0.3) is 10.9 Å². The monoisotopic (exact) mass is 354 g/mol. The Balaban J connectivity index is 1.38. The molecule has 2 aromatic carbocycles. The Kier molecular flexibility index (Phi) is 4.45. The summed E-state index contributed by atoms with van der Waals surface area (Å²) in [5, 5.41) is 0.884. The number of aromatic amines is 1. The Hall–Kier alpha value is -2.69. The van der Waals surface area contributed by atoms with Gasteiger partial charge in [-0.15, -0.1) is 0 Å². The number of amides is 1. The van der Waals surface area contributed by atoms with Gasteiger partial charge in [0.15, 0.2) is 0 Å². The van der Waals surface area contributed by atoms with Gasteiger partial charge in [0.1, 0.15) is 11.6 Å². The largest absolute Gasteiger partial charge is 0.358 e. The average Bonchev–Trinajstić information content (AvgIpc) is 3.07. The van der Waals surface area contributed by atoms with Crippen LogP contribution in [-0.4, -0.2) is 28.9 Å². The van der Waals surface area contributed by atoms with Crippen molar-refractivity contribution in [2.45, 2.75) is 25.2 Å². The number of halogens is 2. The fourth-order valence-corrected chi connectivity index (χ4v) is 3.67. The highest BCUT2D eigenvalue weighted by atomic mass is 19.1. The lowest BCUT2D eigenvalue weighted by Crippen LogP contribution is -2.38. The minimum atomic E-state index is -0.291. The van der Waals surface area contributed by atoms with Crippen molar-refractivity contribution in [2.24, 2.45) is 0 Å². The van der Waals surface area contributed by atoms with Gasteiger partial charge in [-0.1, -0.05) is 12.1 Å². The first-order chi connectivity index (χ1) is 12.6. The number of H-pyrrole nitrogens is 1. The van der Waals surface area contributed by atoms with Crippen molar-refractivity contribution in [3.63, 3.8) is 0 Å². The number of hydrogen-bond donors (Lipinski definition) is 1. The van der Waals surface area contributed by atoms with Crippen molar-refractivity contribution >= 4 is 16.8 Å². The molecule has 0 saturated carbocycles. The normalized spacial score (nSPS) is 15.5. The number of hydrogen-bond acceptors (Lipinski definition) is 1. The molecule has 134 valence electrons. The second-order valence-electron chi connectivity index (χ2n) is 6.91. The van der Waals surface area contributed by atoms with Crippen LogP contribution >= 0.6 is 0 Å². The van der Waals surface area contributed by atoms with Gasteiger partial charge in [0, 0.05) is 35.6 Å². The summed E-state index contributed by atoms with van der Waals surface area (Å²) in [5.41, 5.74) is 2.88. The van der Waals surface area contributed by atoms with E-state index in [4.69, 9.17) is 0 Å². The molecule has 1 N–H and O–H groups in total. The molecule has 0 spiro atoms. The lowest BCUT2D eigenvalue weighted by Gasteiger charge is -2.31. The molecule has 1 aromatic heterocycles. The van der Waals surface area contributed by atoms with Crippen LogP contribution in [-0.2, 0) is 11.2 Å². The quantitative estimate of drug-likeness (QED) is 0.744. The van der Waals surface area contributed by atoms with E-state index in [2.05, 4.69) is 4.98 Å². The number of nitrogens with zero attached hydrogens (tertiary/aromatic N) is 1. The molecule has 3 nitrogen and oxygen atoms in total. The molecule has 5 heteroatoms. The predicted octanol–water partition coefficient (Wildman–Crippen LogP) is 4.39. The van der Waals surface area contributed by atoms with E-state index in [0.717, 1.165) is 35.0 Å². The first-order valence-electron chi connectivity index (χ1n) is 8.89. The number of rotatable bonds is 3. The Morgan fingerprint density at radius 2 is 1.69 bits per heavy atom. The summed E-state index contributed by atoms with van der Waals surface area (Å²) in [5.74, 6) is -0.0985. The van der Waals surface area contributed by atoms with Gasteiger partial charge >= 0.3 is 0 Å². The maximum Gasteiger partial charge on any atom is 0.226 e. The van der Waals surface area contributed by atoms with Crippen LogP contribution in [0.2, 0.25) is 0 Å². The highest BCUT2D eigenvalue weighted by molar-refractivity contribution is 5.81. The molecule has 1 aliphatic rings. The average molecular weight is 354 g/mol. The smallest absolute Gasteiger partial charge is 0.226 e. The lowest BCUT2D eigenvalue weighted by molar-refractivity contribution is -0.131. The third-order valence-corrected chi connectivity index (χ3v) is 5.16. The summed E-state index contributed by atoms with van der Waals surface area (Å²) >= 11 is 0. The Labute approximate surface area is 150 Å². The van der Waals surface area contributed by atoms with Gasteiger partial charge in [0.2, 0.25) is 5.91 Å². The van der Waals surface area contributed by atoms with Gasteiger partial charge in [-0.25, -0.2) is 8.78 Å². The molecule has 1 amide bonds. The molecule has 0 unspecified atom stereocenters. The number of likely N-dealkylation sites (tertiary alicyclic amines) is 1. The van der Waals surface area contributed by atoms with Gasteiger partial charge in [0.05, 0.1) is 6.42 Å². The number of benzene rings is 2. The zero-order valence-electron chi connectivity index (χ0n) is 14.3. The van der Waals surface area contributed by atoms with E-state index in [1.165, 1.54) is 24.3 Å². The second-order valence-corrected chi connectivity index (χ2v) is 6.91. The van der Waals surface area contributed by atoms with Gasteiger partial charge in [0.25, 0.3) is 0 Å². The zero-order chi connectivity index (χ0) is 18.1. The summed E-state index contributed by atoms with van der Waals surface area (Å²) in [6.45, 7) is 1.41. The van der Waals surface area contributed by atoms with E-state index >= 15 is 0 Å². The molecule has 0 bridgehead atoms. The van der Waals surface area contributed by atoms with E-state index in [0.29, 0.717) is 25.4 Å². The fraction of sp³-hybridized carbons (Fsp3) is 0.286. The Morgan fingerprint density at radius 1 is 1.00 bits per heavy atom. The number of carbonyl (C=O) groups excluding carboxylic acids is 1. The van der Waals surface area contributed by atoms with Gasteiger partial charge in [-0.3, -0.25) is 4.79 Å². The van der Waals surface area contributed by atoms with Crippen LogP contribution in [0, 0.1) is 11.6 Å². The minimum absolute atomic E-state index is 0.0776. The summed E-state index contributed by atoms with van der Waals surface area (Å²) in [4.78, 5) is 17.7. The van der Waals surface area contributed by atoms with Gasteiger partial charge in [-0.05, 0) is 54.8 Å². The molecule has 0 aliphatic carbocycles. The van der Waals surface area contributed by atoms with E-state index in [1.54, 1.807) is 18.2 Å². The van der Waals surface area contributed by atoms with Gasteiger partial charge < -0.3 is 9.88 Å². The number of piperidine rings is 1. The Morgan fingerprint density at radius 3 is 2.42 bits per heavy atom. The van der Waals surface area contributed by atoms with Crippen molar-refractivity contribution in [3.8, 4) is 0 Å². The van der Waals surface area contributed by atoms with Crippen molar-refractivity contribution in [1.82, 2.24) is 9.88 Å². The molecular formula is C21H20F2N2O. The van der Waals surface area contributed by atoms with Crippen LogP contribution < -0.4 is 0 Å². The molecule has 0 radical (unpaired) electrons. The molecule has 26 heavy (non-hydrogen) atoms. The molecule has 1 aliphatic heterocycles. The number of carbonyl (C=O) groups is 1. The number of nitrogens with one attached hydrogen (secondary N) is 1. The maximum absolute atomic E-state index is 13.4. The highest BCUT2D eigenvalue weighted by Crippen LogP contribution is 2.30. The molecule has 3 aromatic rings. The van der Waals surface area contributed by atoms with E-state index in [-0.39, 0.29) is 17.5 Å². The first kappa shape index (κ1) is 16.8. The van der Waals surface area contributed by atoms with E-state index < -0.39 is 0 Å². The molecule has 0 atom stereocenters. The molecule has 1 saturated heterocycles. The second kappa shape index (κ2) is 6.90. The summed E-state index contributed by atoms with van der Waals surface area (Å²) in [6.07, 6.45) is 2.06. The standard InChI is InChI=1S/C21H20F2N2O/c22-17-3-1-14(2-4-17)11-21(26)25-9-7-15(8-10-25)20-13-16-12-18(23)5-6-19(16)24-20/h1-6,12-13,15,24H,7-11H2. The van der Waals surface area contributed by atoms with Crippen molar-refractivity contribution in [2.75, 3.05) is 13.1 Å². The van der Waals surface area contributed by atoms with Crippen molar-refractivity contribution < 1.29 is 13.6 Å².